The molecule has 0 aromatic heterocycles. The molecule has 101 valence electrons. The van der Waals surface area contributed by atoms with Crippen LogP contribution in [0, 0.1) is 26.2 Å². The molecule has 0 heterocycles. The Kier molecular flexibility index (Phi) is 17.1. The molecule has 1 saturated carbocycles. The molecule has 1 fully saturated rings. The van der Waals surface area contributed by atoms with Gasteiger partial charge >= 0.3 is 21.7 Å². The Morgan fingerprint density at radius 2 is 1.78 bits per heavy atom. The summed E-state index contributed by atoms with van der Waals surface area (Å²) in [5, 5.41) is 0. The van der Waals surface area contributed by atoms with Crippen molar-refractivity contribution in [2.75, 3.05) is 0 Å². The Balaban J connectivity index is 0. The largest absolute Gasteiger partial charge is 3.00 e. The van der Waals surface area contributed by atoms with E-state index in [0.717, 1.165) is 18.8 Å². The number of hydrogen-bond donors (Lipinski definition) is 0. The SMILES string of the molecule is C1=CCC2CC[CH-]C2=C1.[CH2-]CCC.[CH2-]CCC.[Ti+3]. The third-order valence-corrected chi connectivity index (χ3v) is 2.92. The standard InChI is InChI=1S/C9H11.2C4H9.Ti/c1-2-5-9-7-3-6-8(9)4-1;2*1-3-4-2;/h1-2,4,6,9H,3,5,7H2;2*1,3-4H2,2H3;/q3*-1;+3. The summed E-state index contributed by atoms with van der Waals surface area (Å²) >= 11 is 0. The number of unbranched alkanes of at least 4 members (excludes halogenated alkanes) is 2. The van der Waals surface area contributed by atoms with E-state index >= 15 is 0 Å². The van der Waals surface area contributed by atoms with E-state index in [1.165, 1.54) is 32.1 Å². The van der Waals surface area contributed by atoms with Crippen molar-refractivity contribution in [3.8, 4) is 0 Å². The maximum absolute atomic E-state index is 3.60. The van der Waals surface area contributed by atoms with Crippen LogP contribution in [0.25, 0.3) is 0 Å². The predicted octanol–water partition coefficient (Wildman–Crippen LogP) is 5.73. The minimum absolute atomic E-state index is 0. The van der Waals surface area contributed by atoms with E-state index in [-0.39, 0.29) is 21.7 Å². The van der Waals surface area contributed by atoms with Gasteiger partial charge in [-0.2, -0.15) is 12.8 Å². The van der Waals surface area contributed by atoms with Gasteiger partial charge in [0.1, 0.15) is 0 Å². The fourth-order valence-corrected chi connectivity index (χ4v) is 1.66. The Labute approximate surface area is 130 Å². The Hall–Kier alpha value is 0.0643. The molecule has 0 aliphatic heterocycles. The molecular formula is C17H29Ti. The number of rotatable bonds is 2. The maximum atomic E-state index is 3.60. The van der Waals surface area contributed by atoms with E-state index in [0.29, 0.717) is 0 Å². The van der Waals surface area contributed by atoms with Crippen LogP contribution in [0.15, 0.2) is 23.8 Å². The maximum Gasteiger partial charge on any atom is 3.00 e. The van der Waals surface area contributed by atoms with Gasteiger partial charge in [-0.3, -0.25) is 0 Å². The molecule has 2 rings (SSSR count). The van der Waals surface area contributed by atoms with Crippen LogP contribution in [0.5, 0.6) is 0 Å². The summed E-state index contributed by atoms with van der Waals surface area (Å²) in [4.78, 5) is 0. The van der Waals surface area contributed by atoms with Gasteiger partial charge in [0.25, 0.3) is 0 Å². The van der Waals surface area contributed by atoms with Gasteiger partial charge in [0.15, 0.2) is 0 Å². The summed E-state index contributed by atoms with van der Waals surface area (Å²) < 4.78 is 0. The van der Waals surface area contributed by atoms with Crippen LogP contribution in [0.3, 0.4) is 0 Å². The topological polar surface area (TPSA) is 0 Å². The van der Waals surface area contributed by atoms with Crippen LogP contribution in [0.4, 0.5) is 0 Å². The third kappa shape index (κ3) is 10.0. The molecule has 1 radical (unpaired) electrons. The molecule has 18 heavy (non-hydrogen) atoms. The smallest absolute Gasteiger partial charge is 0.343 e. The van der Waals surface area contributed by atoms with Crippen LogP contribution in [0.2, 0.25) is 0 Å². The quantitative estimate of drug-likeness (QED) is 0.448. The molecule has 1 unspecified atom stereocenters. The molecule has 0 amide bonds. The zero-order valence-corrected chi connectivity index (χ0v) is 13.8. The number of fused-ring (bicyclic) bond motifs is 1. The number of hydrogen-bond acceptors (Lipinski definition) is 0. The summed E-state index contributed by atoms with van der Waals surface area (Å²) in [6.07, 6.45) is 17.6. The Morgan fingerprint density at radius 1 is 1.22 bits per heavy atom. The molecule has 0 spiro atoms. The summed E-state index contributed by atoms with van der Waals surface area (Å²) in [7, 11) is 0. The zero-order chi connectivity index (χ0) is 12.9. The van der Waals surface area contributed by atoms with Gasteiger partial charge in [0, 0.05) is 0 Å². The van der Waals surface area contributed by atoms with Gasteiger partial charge in [-0.1, -0.05) is 33.1 Å². The summed E-state index contributed by atoms with van der Waals surface area (Å²) in [6, 6.07) is 0. The molecule has 0 saturated heterocycles. The van der Waals surface area contributed by atoms with Gasteiger partial charge in [0.2, 0.25) is 0 Å². The molecule has 0 nitrogen and oxygen atoms in total. The van der Waals surface area contributed by atoms with Crippen molar-refractivity contribution in [2.24, 2.45) is 5.92 Å². The molecule has 1 heteroatoms. The van der Waals surface area contributed by atoms with Gasteiger partial charge in [-0.05, 0) is 12.3 Å². The normalized spacial score (nSPS) is 18.9. The van der Waals surface area contributed by atoms with Crippen molar-refractivity contribution in [3.05, 3.63) is 44.1 Å². The Morgan fingerprint density at radius 3 is 2.22 bits per heavy atom. The second-order valence-corrected chi connectivity index (χ2v) is 4.52. The second-order valence-electron chi connectivity index (χ2n) is 4.52. The average Bonchev–Trinajstić information content (AvgIpc) is 2.87. The van der Waals surface area contributed by atoms with E-state index in [9.17, 15) is 0 Å². The summed E-state index contributed by atoms with van der Waals surface area (Å²) in [5.74, 6) is 0.884. The Bertz CT molecular complexity index is 208. The van der Waals surface area contributed by atoms with Gasteiger partial charge in [-0.15, -0.1) is 18.6 Å². The van der Waals surface area contributed by atoms with E-state index in [4.69, 9.17) is 0 Å². The van der Waals surface area contributed by atoms with Gasteiger partial charge in [0.05, 0.1) is 0 Å². The van der Waals surface area contributed by atoms with Crippen LogP contribution in [-0.4, -0.2) is 0 Å². The average molecular weight is 281 g/mol. The minimum atomic E-state index is 0. The molecule has 0 aromatic rings. The monoisotopic (exact) mass is 281 g/mol. The first-order chi connectivity index (χ1) is 8.29. The van der Waals surface area contributed by atoms with E-state index in [1.54, 1.807) is 5.57 Å². The summed E-state index contributed by atoms with van der Waals surface area (Å²) in [5.41, 5.74) is 1.58. The fraction of sp³-hybridized carbons (Fsp3) is 0.588. The van der Waals surface area contributed by atoms with Crippen molar-refractivity contribution in [3.63, 3.8) is 0 Å². The van der Waals surface area contributed by atoms with Crippen LogP contribution < -0.4 is 0 Å². The first-order valence-corrected chi connectivity index (χ1v) is 7.08. The fourth-order valence-electron chi connectivity index (χ4n) is 1.66. The van der Waals surface area contributed by atoms with Crippen molar-refractivity contribution >= 4 is 0 Å². The van der Waals surface area contributed by atoms with Gasteiger partial charge in [-0.25, -0.2) is 18.1 Å². The molecular weight excluding hydrogens is 252 g/mol. The first kappa shape index (κ1) is 20.4. The van der Waals surface area contributed by atoms with Crippen LogP contribution >= 0.6 is 0 Å². The van der Waals surface area contributed by atoms with Crippen molar-refractivity contribution < 1.29 is 21.7 Å². The molecule has 2 aliphatic carbocycles. The molecule has 0 bridgehead atoms. The molecule has 1 atom stereocenters. The predicted molar refractivity (Wildman–Crippen MR) is 79.4 cm³/mol. The first-order valence-electron chi connectivity index (χ1n) is 7.08. The minimum Gasteiger partial charge on any atom is -0.343 e. The van der Waals surface area contributed by atoms with E-state index in [2.05, 4.69) is 52.3 Å². The summed E-state index contributed by atoms with van der Waals surface area (Å²) in [6.45, 7) is 11.4. The van der Waals surface area contributed by atoms with E-state index in [1.807, 2.05) is 0 Å². The van der Waals surface area contributed by atoms with Crippen molar-refractivity contribution in [2.45, 2.75) is 58.8 Å². The van der Waals surface area contributed by atoms with Crippen molar-refractivity contribution in [1.29, 1.82) is 0 Å². The molecule has 0 N–H and O–H groups in total. The zero-order valence-electron chi connectivity index (χ0n) is 12.3. The van der Waals surface area contributed by atoms with Crippen LogP contribution in [-0.2, 0) is 21.7 Å². The van der Waals surface area contributed by atoms with Crippen molar-refractivity contribution in [1.82, 2.24) is 0 Å². The van der Waals surface area contributed by atoms with Gasteiger partial charge < -0.3 is 13.8 Å². The van der Waals surface area contributed by atoms with E-state index < -0.39 is 0 Å². The second kappa shape index (κ2) is 15.1. The van der Waals surface area contributed by atoms with Crippen LogP contribution in [0.1, 0.15) is 58.8 Å². The number of allylic oxidation sites excluding steroid dienone is 4. The molecule has 2 aliphatic rings. The third-order valence-electron chi connectivity index (χ3n) is 2.92. The molecule has 0 aromatic carbocycles.